The molecule has 0 amide bonds. The number of nitrogens with zero attached hydrogens (tertiary/aromatic N) is 1. The Morgan fingerprint density at radius 2 is 1.83 bits per heavy atom. The molecule has 1 heterocycles. The molecule has 0 atom stereocenters. The molecule has 1 heteroatoms. The SMILES string of the molecule is CCC1(CC)CCCCC[N]C1. The minimum absolute atomic E-state index is 0.570. The predicted molar refractivity (Wildman–Crippen MR) is 53.4 cm³/mol. The molecule has 0 unspecified atom stereocenters. The van der Waals surface area contributed by atoms with Gasteiger partial charge in [-0.05, 0) is 31.1 Å². The molecule has 1 saturated heterocycles. The molecule has 1 rings (SSSR count). The summed E-state index contributed by atoms with van der Waals surface area (Å²) in [6, 6.07) is 0. The van der Waals surface area contributed by atoms with Crippen LogP contribution in [0.3, 0.4) is 0 Å². The standard InChI is InChI=1S/C11H22N/c1-3-11(4-2)8-6-5-7-9-12-10-11/h3-10H2,1-2H3. The molecule has 1 aliphatic rings. The summed E-state index contributed by atoms with van der Waals surface area (Å²) in [6.45, 7) is 6.88. The van der Waals surface area contributed by atoms with Gasteiger partial charge >= 0.3 is 0 Å². The summed E-state index contributed by atoms with van der Waals surface area (Å²) in [5.41, 5.74) is 0.570. The van der Waals surface area contributed by atoms with Gasteiger partial charge in [0.25, 0.3) is 0 Å². The van der Waals surface area contributed by atoms with Gasteiger partial charge in [0, 0.05) is 13.1 Å². The smallest absolute Gasteiger partial charge is 0.0189 e. The summed E-state index contributed by atoms with van der Waals surface area (Å²) in [5, 5.41) is 4.63. The van der Waals surface area contributed by atoms with Crippen molar-refractivity contribution in [2.24, 2.45) is 5.41 Å². The van der Waals surface area contributed by atoms with Crippen LogP contribution in [0.1, 0.15) is 52.4 Å². The highest BCUT2D eigenvalue weighted by molar-refractivity contribution is 4.80. The van der Waals surface area contributed by atoms with E-state index in [-0.39, 0.29) is 0 Å². The van der Waals surface area contributed by atoms with Crippen molar-refractivity contribution in [3.63, 3.8) is 0 Å². The summed E-state index contributed by atoms with van der Waals surface area (Å²) in [6.07, 6.45) is 8.18. The van der Waals surface area contributed by atoms with Crippen molar-refractivity contribution in [1.82, 2.24) is 5.32 Å². The van der Waals surface area contributed by atoms with Crippen LogP contribution >= 0.6 is 0 Å². The lowest BCUT2D eigenvalue weighted by atomic mass is 9.77. The first kappa shape index (κ1) is 10.0. The van der Waals surface area contributed by atoms with Crippen LogP contribution in [0.2, 0.25) is 0 Å². The minimum atomic E-state index is 0.570. The molecule has 0 saturated carbocycles. The van der Waals surface area contributed by atoms with Crippen LogP contribution in [0.25, 0.3) is 0 Å². The molecule has 1 aliphatic heterocycles. The molecule has 1 nitrogen and oxygen atoms in total. The van der Waals surface area contributed by atoms with Crippen molar-refractivity contribution in [2.45, 2.75) is 52.4 Å². The lowest BCUT2D eigenvalue weighted by molar-refractivity contribution is 0.206. The second kappa shape index (κ2) is 4.86. The largest absolute Gasteiger partial charge is 0.241 e. The van der Waals surface area contributed by atoms with E-state index in [0.717, 1.165) is 13.1 Å². The fourth-order valence-electron chi connectivity index (χ4n) is 2.12. The maximum absolute atomic E-state index is 4.63. The van der Waals surface area contributed by atoms with E-state index >= 15 is 0 Å². The average molecular weight is 168 g/mol. The predicted octanol–water partition coefficient (Wildman–Crippen LogP) is 2.97. The molecule has 71 valence electrons. The van der Waals surface area contributed by atoms with Gasteiger partial charge < -0.3 is 0 Å². The first-order valence-electron chi connectivity index (χ1n) is 5.46. The lowest BCUT2D eigenvalue weighted by Gasteiger charge is -2.33. The van der Waals surface area contributed by atoms with E-state index in [2.05, 4.69) is 19.2 Å². The zero-order valence-electron chi connectivity index (χ0n) is 8.60. The molecule has 0 spiro atoms. The van der Waals surface area contributed by atoms with Gasteiger partial charge in [0.2, 0.25) is 0 Å². The van der Waals surface area contributed by atoms with E-state index in [4.69, 9.17) is 0 Å². The molecular weight excluding hydrogens is 146 g/mol. The van der Waals surface area contributed by atoms with Crippen LogP contribution in [-0.2, 0) is 0 Å². The average Bonchev–Trinajstić information content (AvgIpc) is 2.06. The summed E-state index contributed by atoms with van der Waals surface area (Å²) in [7, 11) is 0. The van der Waals surface area contributed by atoms with Crippen molar-refractivity contribution in [1.29, 1.82) is 0 Å². The maximum Gasteiger partial charge on any atom is 0.0189 e. The lowest BCUT2D eigenvalue weighted by Crippen LogP contribution is -2.31. The van der Waals surface area contributed by atoms with Gasteiger partial charge in [-0.15, -0.1) is 0 Å². The van der Waals surface area contributed by atoms with Gasteiger partial charge in [0.15, 0.2) is 0 Å². The molecule has 1 radical (unpaired) electrons. The third kappa shape index (κ3) is 2.48. The van der Waals surface area contributed by atoms with Crippen molar-refractivity contribution < 1.29 is 0 Å². The van der Waals surface area contributed by atoms with Crippen molar-refractivity contribution in [3.05, 3.63) is 0 Å². The third-order valence-corrected chi connectivity index (χ3v) is 3.47. The molecule has 0 aromatic rings. The van der Waals surface area contributed by atoms with E-state index in [1.54, 1.807) is 0 Å². The van der Waals surface area contributed by atoms with E-state index < -0.39 is 0 Å². The molecular formula is C11H22N. The summed E-state index contributed by atoms with van der Waals surface area (Å²) in [4.78, 5) is 0. The first-order chi connectivity index (χ1) is 5.83. The van der Waals surface area contributed by atoms with Gasteiger partial charge in [0.05, 0.1) is 0 Å². The van der Waals surface area contributed by atoms with Gasteiger partial charge in [-0.1, -0.05) is 26.7 Å². The zero-order valence-corrected chi connectivity index (χ0v) is 8.60. The number of hydrogen-bond donors (Lipinski definition) is 0. The molecule has 12 heavy (non-hydrogen) atoms. The topological polar surface area (TPSA) is 14.1 Å². The normalized spacial score (nSPS) is 24.5. The fraction of sp³-hybridized carbons (Fsp3) is 1.00. The van der Waals surface area contributed by atoms with Crippen molar-refractivity contribution in [2.75, 3.05) is 13.1 Å². The van der Waals surface area contributed by atoms with Crippen LogP contribution in [0.4, 0.5) is 0 Å². The Bertz CT molecular complexity index is 106. The fourth-order valence-corrected chi connectivity index (χ4v) is 2.12. The molecule has 0 aliphatic carbocycles. The summed E-state index contributed by atoms with van der Waals surface area (Å²) in [5.74, 6) is 0. The Labute approximate surface area is 76.9 Å². The minimum Gasteiger partial charge on any atom is -0.241 e. The van der Waals surface area contributed by atoms with Crippen molar-refractivity contribution >= 4 is 0 Å². The van der Waals surface area contributed by atoms with E-state index in [9.17, 15) is 0 Å². The van der Waals surface area contributed by atoms with Crippen LogP contribution < -0.4 is 5.32 Å². The zero-order chi connectivity index (χ0) is 8.86. The van der Waals surface area contributed by atoms with E-state index in [1.165, 1.54) is 38.5 Å². The number of rotatable bonds is 2. The van der Waals surface area contributed by atoms with Crippen LogP contribution in [-0.4, -0.2) is 13.1 Å². The van der Waals surface area contributed by atoms with Gasteiger partial charge in [-0.3, -0.25) is 0 Å². The van der Waals surface area contributed by atoms with E-state index in [0.29, 0.717) is 5.41 Å². The highest BCUT2D eigenvalue weighted by Crippen LogP contribution is 2.33. The van der Waals surface area contributed by atoms with Gasteiger partial charge in [0.1, 0.15) is 0 Å². The second-order valence-corrected chi connectivity index (χ2v) is 4.12. The molecule has 1 fully saturated rings. The Kier molecular flexibility index (Phi) is 4.07. The second-order valence-electron chi connectivity index (χ2n) is 4.12. The summed E-state index contributed by atoms with van der Waals surface area (Å²) < 4.78 is 0. The van der Waals surface area contributed by atoms with Crippen LogP contribution in [0.15, 0.2) is 0 Å². The Morgan fingerprint density at radius 1 is 1.08 bits per heavy atom. The van der Waals surface area contributed by atoms with E-state index in [1.807, 2.05) is 0 Å². The number of hydrogen-bond acceptors (Lipinski definition) is 0. The first-order valence-corrected chi connectivity index (χ1v) is 5.46. The summed E-state index contributed by atoms with van der Waals surface area (Å²) >= 11 is 0. The van der Waals surface area contributed by atoms with Crippen LogP contribution in [0, 0.1) is 5.41 Å². The van der Waals surface area contributed by atoms with Crippen molar-refractivity contribution in [3.8, 4) is 0 Å². The highest BCUT2D eigenvalue weighted by Gasteiger charge is 2.26. The monoisotopic (exact) mass is 168 g/mol. The van der Waals surface area contributed by atoms with Gasteiger partial charge in [-0.2, -0.15) is 0 Å². The Morgan fingerprint density at radius 3 is 2.50 bits per heavy atom. The Balaban J connectivity index is 2.45. The highest BCUT2D eigenvalue weighted by atomic mass is 14.9. The quantitative estimate of drug-likeness (QED) is 0.602. The Hall–Kier alpha value is -0.0400. The molecule has 0 N–H and O–H groups in total. The molecule has 0 aromatic heterocycles. The molecule has 0 aromatic carbocycles. The third-order valence-electron chi connectivity index (χ3n) is 3.47. The molecule has 0 bridgehead atoms. The van der Waals surface area contributed by atoms with Gasteiger partial charge in [-0.25, -0.2) is 5.32 Å². The maximum atomic E-state index is 4.63. The van der Waals surface area contributed by atoms with Crippen LogP contribution in [0.5, 0.6) is 0 Å².